The Kier molecular flexibility index (Phi) is 3.72. The summed E-state index contributed by atoms with van der Waals surface area (Å²) in [6, 6.07) is 1.92. The second kappa shape index (κ2) is 5.88. The summed E-state index contributed by atoms with van der Waals surface area (Å²) >= 11 is 0. The van der Waals surface area contributed by atoms with Gasteiger partial charge in [-0.05, 0) is 25.7 Å². The minimum atomic E-state index is -0.619. The van der Waals surface area contributed by atoms with E-state index in [4.69, 9.17) is 4.74 Å². The zero-order valence-corrected chi connectivity index (χ0v) is 12.6. The van der Waals surface area contributed by atoms with E-state index in [1.165, 1.54) is 6.07 Å². The molecular weight excluding hydrogens is 302 g/mol. The van der Waals surface area contributed by atoms with Gasteiger partial charge in [0, 0.05) is 29.7 Å². The van der Waals surface area contributed by atoms with E-state index in [1.54, 1.807) is 0 Å². The molecule has 0 spiro atoms. The Balaban J connectivity index is 1.52. The lowest BCUT2D eigenvalue weighted by Gasteiger charge is -2.18. The number of nitrogens with one attached hydrogen (secondary N) is 2. The number of benzene rings is 1. The van der Waals surface area contributed by atoms with Crippen molar-refractivity contribution in [2.45, 2.75) is 44.2 Å². The van der Waals surface area contributed by atoms with Crippen LogP contribution >= 0.6 is 0 Å². The number of rotatable bonds is 4. The number of nitrogens with zero attached hydrogens (tertiary/aromatic N) is 2. The third kappa shape index (κ3) is 3.06. The molecule has 2 aromatic rings. The molecule has 1 aromatic carbocycles. The molecule has 23 heavy (non-hydrogen) atoms. The number of aromatic nitrogens is 3. The molecule has 0 radical (unpaired) electrons. The number of ether oxygens (including phenoxy) is 1. The third-order valence-electron chi connectivity index (χ3n) is 4.31. The van der Waals surface area contributed by atoms with Gasteiger partial charge in [0.15, 0.2) is 5.82 Å². The topological polar surface area (TPSA) is 62.8 Å². The molecule has 2 aliphatic rings. The molecule has 1 atom stereocenters. The van der Waals surface area contributed by atoms with E-state index in [9.17, 15) is 8.78 Å². The van der Waals surface area contributed by atoms with Gasteiger partial charge in [0.2, 0.25) is 0 Å². The van der Waals surface area contributed by atoms with E-state index in [1.807, 2.05) is 0 Å². The highest BCUT2D eigenvalue weighted by Gasteiger charge is 2.28. The first-order chi connectivity index (χ1) is 11.2. The highest BCUT2D eigenvalue weighted by molar-refractivity contribution is 5.38. The SMILES string of the molecule is Fc1cc(F)c2c(c1)OCCC[C@@H]2NCc1nc(C2CC2)n[nH]1. The molecule has 7 heteroatoms. The standard InChI is InChI=1S/C16H18F2N4O/c17-10-6-11(18)15-12(2-1-5-23-13(15)7-10)19-8-14-20-16(22-21-14)9-3-4-9/h6-7,9,12,19H,1-5,8H2,(H,20,21,22)/t12-/m0/s1. The van der Waals surface area contributed by atoms with E-state index in [-0.39, 0.29) is 11.8 Å². The summed E-state index contributed by atoms with van der Waals surface area (Å²) in [5.74, 6) is 1.18. The molecular formula is C16H18F2N4O. The fourth-order valence-corrected chi connectivity index (χ4v) is 2.97. The summed E-state index contributed by atoms with van der Waals surface area (Å²) in [6.45, 7) is 0.919. The van der Waals surface area contributed by atoms with Crippen LogP contribution in [0, 0.1) is 11.6 Å². The molecule has 1 aromatic heterocycles. The monoisotopic (exact) mass is 320 g/mol. The molecule has 122 valence electrons. The summed E-state index contributed by atoms with van der Waals surface area (Å²) in [7, 11) is 0. The Bertz CT molecular complexity index is 714. The average Bonchev–Trinajstić information content (AvgIpc) is 3.29. The summed E-state index contributed by atoms with van der Waals surface area (Å²) in [5.41, 5.74) is 0.394. The van der Waals surface area contributed by atoms with Gasteiger partial charge >= 0.3 is 0 Å². The van der Waals surface area contributed by atoms with Crippen molar-refractivity contribution < 1.29 is 13.5 Å². The van der Waals surface area contributed by atoms with Crippen molar-refractivity contribution in [2.75, 3.05) is 6.61 Å². The summed E-state index contributed by atoms with van der Waals surface area (Å²) < 4.78 is 33.1. The fraction of sp³-hybridized carbons (Fsp3) is 0.500. The van der Waals surface area contributed by atoms with Crippen LogP contribution in [0.15, 0.2) is 12.1 Å². The van der Waals surface area contributed by atoms with Crippen molar-refractivity contribution in [3.05, 3.63) is 41.0 Å². The lowest BCUT2D eigenvalue weighted by atomic mass is 10.0. The molecule has 4 rings (SSSR count). The molecule has 0 saturated heterocycles. The lowest BCUT2D eigenvalue weighted by molar-refractivity contribution is 0.313. The van der Waals surface area contributed by atoms with Crippen LogP contribution in [-0.2, 0) is 6.54 Å². The zero-order chi connectivity index (χ0) is 15.8. The number of halogens is 2. The third-order valence-corrected chi connectivity index (χ3v) is 4.31. The second-order valence-corrected chi connectivity index (χ2v) is 6.14. The first-order valence-electron chi connectivity index (χ1n) is 7.97. The van der Waals surface area contributed by atoms with E-state index >= 15 is 0 Å². The second-order valence-electron chi connectivity index (χ2n) is 6.14. The summed E-state index contributed by atoms with van der Waals surface area (Å²) in [4.78, 5) is 4.46. The van der Waals surface area contributed by atoms with E-state index < -0.39 is 11.6 Å². The Hall–Kier alpha value is -2.02. The maximum Gasteiger partial charge on any atom is 0.153 e. The number of aromatic amines is 1. The van der Waals surface area contributed by atoms with Crippen LogP contribution < -0.4 is 10.1 Å². The fourth-order valence-electron chi connectivity index (χ4n) is 2.97. The summed E-state index contributed by atoms with van der Waals surface area (Å²) in [6.07, 6.45) is 3.79. The predicted octanol–water partition coefficient (Wildman–Crippen LogP) is 2.96. The number of fused-ring (bicyclic) bond motifs is 1. The predicted molar refractivity (Wildman–Crippen MR) is 79.0 cm³/mol. The van der Waals surface area contributed by atoms with Crippen LogP contribution in [0.3, 0.4) is 0 Å². The van der Waals surface area contributed by atoms with Crippen LogP contribution in [0.25, 0.3) is 0 Å². The number of H-pyrrole nitrogens is 1. The smallest absolute Gasteiger partial charge is 0.153 e. The van der Waals surface area contributed by atoms with Gasteiger partial charge in [-0.15, -0.1) is 0 Å². The molecule has 5 nitrogen and oxygen atoms in total. The van der Waals surface area contributed by atoms with Gasteiger partial charge in [0.05, 0.1) is 13.2 Å². The van der Waals surface area contributed by atoms with Crippen molar-refractivity contribution in [1.82, 2.24) is 20.5 Å². The first-order valence-corrected chi connectivity index (χ1v) is 7.97. The lowest BCUT2D eigenvalue weighted by Crippen LogP contribution is -2.22. The molecule has 0 amide bonds. The van der Waals surface area contributed by atoms with Crippen LogP contribution in [-0.4, -0.2) is 21.8 Å². The molecule has 0 bridgehead atoms. The van der Waals surface area contributed by atoms with E-state index in [2.05, 4.69) is 20.5 Å². The van der Waals surface area contributed by atoms with Crippen molar-refractivity contribution in [2.24, 2.45) is 0 Å². The highest BCUT2D eigenvalue weighted by atomic mass is 19.1. The Morgan fingerprint density at radius 1 is 1.26 bits per heavy atom. The maximum absolute atomic E-state index is 14.2. The molecule has 1 saturated carbocycles. The van der Waals surface area contributed by atoms with Crippen molar-refractivity contribution in [1.29, 1.82) is 0 Å². The van der Waals surface area contributed by atoms with Gasteiger partial charge in [-0.3, -0.25) is 5.10 Å². The maximum atomic E-state index is 14.2. The van der Waals surface area contributed by atoms with E-state index in [0.29, 0.717) is 24.6 Å². The number of hydrogen-bond acceptors (Lipinski definition) is 4. The molecule has 1 fully saturated rings. The van der Waals surface area contributed by atoms with Gasteiger partial charge in [-0.1, -0.05) is 0 Å². The van der Waals surface area contributed by atoms with E-state index in [0.717, 1.165) is 43.4 Å². The zero-order valence-electron chi connectivity index (χ0n) is 12.6. The first kappa shape index (κ1) is 14.6. The van der Waals surface area contributed by atoms with Crippen molar-refractivity contribution in [3.8, 4) is 5.75 Å². The van der Waals surface area contributed by atoms with Crippen LogP contribution in [0.2, 0.25) is 0 Å². The van der Waals surface area contributed by atoms with Gasteiger partial charge in [0.25, 0.3) is 0 Å². The largest absolute Gasteiger partial charge is 0.493 e. The van der Waals surface area contributed by atoms with Crippen molar-refractivity contribution in [3.63, 3.8) is 0 Å². The molecule has 1 aliphatic carbocycles. The molecule has 2 N–H and O–H groups in total. The molecule has 2 heterocycles. The minimum absolute atomic E-state index is 0.234. The quantitative estimate of drug-likeness (QED) is 0.909. The van der Waals surface area contributed by atoms with Crippen molar-refractivity contribution >= 4 is 0 Å². The Morgan fingerprint density at radius 3 is 2.96 bits per heavy atom. The van der Waals surface area contributed by atoms with Gasteiger partial charge < -0.3 is 10.1 Å². The molecule has 1 aliphatic heterocycles. The van der Waals surface area contributed by atoms with Crippen LogP contribution in [0.4, 0.5) is 8.78 Å². The van der Waals surface area contributed by atoms with Crippen LogP contribution in [0.1, 0.15) is 54.9 Å². The van der Waals surface area contributed by atoms with Crippen LogP contribution in [0.5, 0.6) is 5.75 Å². The Labute approximate surface area is 132 Å². The van der Waals surface area contributed by atoms with Gasteiger partial charge in [0.1, 0.15) is 23.2 Å². The number of hydrogen-bond donors (Lipinski definition) is 2. The molecule has 0 unspecified atom stereocenters. The highest BCUT2D eigenvalue weighted by Crippen LogP contribution is 2.38. The average molecular weight is 320 g/mol. The summed E-state index contributed by atoms with van der Waals surface area (Å²) in [5, 5.41) is 10.4. The Morgan fingerprint density at radius 2 is 2.13 bits per heavy atom. The normalized spacial score (nSPS) is 20.7. The van der Waals surface area contributed by atoms with Gasteiger partial charge in [-0.2, -0.15) is 5.10 Å². The van der Waals surface area contributed by atoms with Gasteiger partial charge in [-0.25, -0.2) is 13.8 Å². The minimum Gasteiger partial charge on any atom is -0.493 e.